The molecule has 22 heavy (non-hydrogen) atoms. The summed E-state index contributed by atoms with van der Waals surface area (Å²) in [7, 11) is 0. The summed E-state index contributed by atoms with van der Waals surface area (Å²) < 4.78 is 5.65. The van der Waals surface area contributed by atoms with Crippen molar-refractivity contribution in [2.24, 2.45) is 11.8 Å². The van der Waals surface area contributed by atoms with E-state index in [-0.39, 0.29) is 17.6 Å². The summed E-state index contributed by atoms with van der Waals surface area (Å²) in [5, 5.41) is 23.3. The highest BCUT2D eigenvalue weighted by Crippen LogP contribution is 2.30. The van der Waals surface area contributed by atoms with Crippen LogP contribution in [0.4, 0.5) is 5.69 Å². The van der Waals surface area contributed by atoms with Crippen molar-refractivity contribution in [1.82, 2.24) is 5.32 Å². The molecule has 2 rings (SSSR count). The van der Waals surface area contributed by atoms with E-state index in [1.165, 1.54) is 12.1 Å². The molecule has 0 bridgehead atoms. The number of amides is 1. The smallest absolute Gasteiger partial charge is 0.311 e. The Kier molecular flexibility index (Phi) is 4.97. The van der Waals surface area contributed by atoms with Gasteiger partial charge in [-0.15, -0.1) is 0 Å². The summed E-state index contributed by atoms with van der Waals surface area (Å²) in [4.78, 5) is 22.2. The number of carbonyl (C=O) groups excluding carboxylic acids is 1. The predicted octanol–water partition coefficient (Wildman–Crippen LogP) is 2.09. The maximum absolute atomic E-state index is 12.1. The second-order valence-electron chi connectivity index (χ2n) is 5.77. The second-order valence-corrected chi connectivity index (χ2v) is 5.77. The van der Waals surface area contributed by atoms with Gasteiger partial charge in [0.1, 0.15) is 0 Å². The molecule has 1 heterocycles. The molecule has 0 radical (unpaired) electrons. The molecule has 1 amide bonds. The van der Waals surface area contributed by atoms with Gasteiger partial charge in [0.25, 0.3) is 5.91 Å². The topological polar surface area (TPSA) is 102 Å². The molecule has 0 aliphatic carbocycles. The van der Waals surface area contributed by atoms with Gasteiger partial charge in [0.05, 0.1) is 16.6 Å². The molecule has 1 aliphatic heterocycles. The minimum atomic E-state index is -0.717. The van der Waals surface area contributed by atoms with Gasteiger partial charge in [-0.25, -0.2) is 0 Å². The fourth-order valence-electron chi connectivity index (χ4n) is 2.79. The number of ether oxygens (including phenoxy) is 1. The van der Waals surface area contributed by atoms with E-state index in [4.69, 9.17) is 4.74 Å². The number of nitro benzene ring substituents is 1. The minimum absolute atomic E-state index is 0.0887. The molecule has 1 aliphatic rings. The van der Waals surface area contributed by atoms with Crippen LogP contribution < -0.4 is 5.32 Å². The predicted molar refractivity (Wildman–Crippen MR) is 79.8 cm³/mol. The van der Waals surface area contributed by atoms with Crippen LogP contribution in [0.5, 0.6) is 5.75 Å². The molecule has 1 saturated heterocycles. The molecule has 2 N–H and O–H groups in total. The molecule has 1 fully saturated rings. The molecule has 1 aromatic rings. The summed E-state index contributed by atoms with van der Waals surface area (Å²) >= 11 is 0. The maximum Gasteiger partial charge on any atom is 0.311 e. The SMILES string of the molecule is CC(C)[C@@H]1OCC[C@@H]1CNC(=O)c1cccc([N+](=O)[O-])c1O. The van der Waals surface area contributed by atoms with Crippen molar-refractivity contribution in [3.8, 4) is 5.75 Å². The number of hydrogen-bond acceptors (Lipinski definition) is 5. The first-order chi connectivity index (χ1) is 10.4. The Morgan fingerprint density at radius 1 is 1.55 bits per heavy atom. The zero-order valence-corrected chi connectivity index (χ0v) is 12.6. The third kappa shape index (κ3) is 3.36. The third-order valence-electron chi connectivity index (χ3n) is 3.90. The molecular formula is C15H20N2O5. The first-order valence-corrected chi connectivity index (χ1v) is 7.28. The lowest BCUT2D eigenvalue weighted by Crippen LogP contribution is -2.34. The van der Waals surface area contributed by atoms with Gasteiger partial charge in [-0.3, -0.25) is 14.9 Å². The van der Waals surface area contributed by atoms with Gasteiger partial charge in [0.15, 0.2) is 0 Å². The number of phenolic OH excluding ortho intramolecular Hbond substituents is 1. The monoisotopic (exact) mass is 308 g/mol. The first-order valence-electron chi connectivity index (χ1n) is 7.28. The average Bonchev–Trinajstić information content (AvgIpc) is 2.93. The highest BCUT2D eigenvalue weighted by atomic mass is 16.6. The Balaban J connectivity index is 2.04. The normalized spacial score (nSPS) is 21.0. The van der Waals surface area contributed by atoms with Crippen molar-refractivity contribution < 1.29 is 19.6 Å². The van der Waals surface area contributed by atoms with Crippen LogP contribution in [0.3, 0.4) is 0 Å². The highest BCUT2D eigenvalue weighted by Gasteiger charge is 2.31. The van der Waals surface area contributed by atoms with Crippen LogP contribution in [-0.4, -0.2) is 35.2 Å². The zero-order chi connectivity index (χ0) is 16.3. The van der Waals surface area contributed by atoms with E-state index in [1.807, 2.05) is 0 Å². The minimum Gasteiger partial charge on any atom is -0.502 e. The number of para-hydroxylation sites is 1. The van der Waals surface area contributed by atoms with Crippen molar-refractivity contribution in [3.63, 3.8) is 0 Å². The van der Waals surface area contributed by atoms with Crippen molar-refractivity contribution >= 4 is 11.6 Å². The van der Waals surface area contributed by atoms with Gasteiger partial charge in [-0.05, 0) is 18.4 Å². The van der Waals surface area contributed by atoms with E-state index in [1.54, 1.807) is 0 Å². The Bertz CT molecular complexity index is 573. The first kappa shape index (κ1) is 16.2. The summed E-state index contributed by atoms with van der Waals surface area (Å²) in [6.07, 6.45) is 0.961. The summed E-state index contributed by atoms with van der Waals surface area (Å²) in [5.74, 6) is -0.552. The molecule has 2 atom stereocenters. The van der Waals surface area contributed by atoms with Crippen LogP contribution in [0.2, 0.25) is 0 Å². The number of benzene rings is 1. The van der Waals surface area contributed by atoms with Crippen molar-refractivity contribution in [1.29, 1.82) is 0 Å². The van der Waals surface area contributed by atoms with Crippen molar-refractivity contribution in [3.05, 3.63) is 33.9 Å². The maximum atomic E-state index is 12.1. The number of phenols is 1. The van der Waals surface area contributed by atoms with Gasteiger partial charge in [0, 0.05) is 25.1 Å². The van der Waals surface area contributed by atoms with E-state index in [2.05, 4.69) is 19.2 Å². The molecule has 120 valence electrons. The molecule has 7 nitrogen and oxygen atoms in total. The van der Waals surface area contributed by atoms with Crippen LogP contribution in [0.1, 0.15) is 30.6 Å². The second kappa shape index (κ2) is 6.74. The number of nitrogens with zero attached hydrogens (tertiary/aromatic N) is 1. The number of nitrogens with one attached hydrogen (secondary N) is 1. The van der Waals surface area contributed by atoms with Crippen molar-refractivity contribution in [2.75, 3.05) is 13.2 Å². The van der Waals surface area contributed by atoms with Crippen molar-refractivity contribution in [2.45, 2.75) is 26.4 Å². The van der Waals surface area contributed by atoms with Crippen LogP contribution in [0.15, 0.2) is 18.2 Å². The number of carbonyl (C=O) groups is 1. The molecule has 0 spiro atoms. The van der Waals surface area contributed by atoms with Crippen LogP contribution >= 0.6 is 0 Å². The largest absolute Gasteiger partial charge is 0.502 e. The lowest BCUT2D eigenvalue weighted by Gasteiger charge is -2.22. The van der Waals surface area contributed by atoms with Crippen LogP contribution in [-0.2, 0) is 4.74 Å². The van der Waals surface area contributed by atoms with E-state index in [9.17, 15) is 20.0 Å². The Labute approximate surface area is 128 Å². The Hall–Kier alpha value is -2.15. The Morgan fingerprint density at radius 2 is 2.27 bits per heavy atom. The van der Waals surface area contributed by atoms with Crippen LogP contribution in [0.25, 0.3) is 0 Å². The van der Waals surface area contributed by atoms with Gasteiger partial charge >= 0.3 is 5.69 Å². The standard InChI is InChI=1S/C15H20N2O5/c1-9(2)14-10(6-7-22-14)8-16-15(19)11-4-3-5-12(13(11)18)17(20)21/h3-5,9-10,14,18H,6-8H2,1-2H3,(H,16,19)/t10-,14+/m1/s1. The van der Waals surface area contributed by atoms with Gasteiger partial charge < -0.3 is 15.2 Å². The third-order valence-corrected chi connectivity index (χ3v) is 3.90. The lowest BCUT2D eigenvalue weighted by atomic mass is 9.93. The fourth-order valence-corrected chi connectivity index (χ4v) is 2.79. The number of aromatic hydroxyl groups is 1. The summed E-state index contributed by atoms with van der Waals surface area (Å²) in [6.45, 7) is 5.23. The molecule has 7 heteroatoms. The number of rotatable bonds is 5. The quantitative estimate of drug-likeness (QED) is 0.640. The fraction of sp³-hybridized carbons (Fsp3) is 0.533. The molecule has 1 aromatic carbocycles. The molecule has 0 unspecified atom stereocenters. The number of nitro groups is 1. The van der Waals surface area contributed by atoms with E-state index < -0.39 is 22.3 Å². The number of hydrogen-bond donors (Lipinski definition) is 2. The molecule has 0 aromatic heterocycles. The van der Waals surface area contributed by atoms with Crippen LogP contribution in [0, 0.1) is 22.0 Å². The highest BCUT2D eigenvalue weighted by molar-refractivity contribution is 5.98. The zero-order valence-electron chi connectivity index (χ0n) is 12.6. The van der Waals surface area contributed by atoms with E-state index in [0.717, 1.165) is 12.5 Å². The van der Waals surface area contributed by atoms with Gasteiger partial charge in [0.2, 0.25) is 5.75 Å². The van der Waals surface area contributed by atoms with Gasteiger partial charge in [-0.1, -0.05) is 19.9 Å². The Morgan fingerprint density at radius 3 is 2.91 bits per heavy atom. The molecular weight excluding hydrogens is 288 g/mol. The summed E-state index contributed by atoms with van der Waals surface area (Å²) in [6, 6.07) is 3.90. The van der Waals surface area contributed by atoms with E-state index in [0.29, 0.717) is 19.1 Å². The molecule has 0 saturated carbocycles. The summed E-state index contributed by atoms with van der Waals surface area (Å²) in [5.41, 5.74) is -0.564. The average molecular weight is 308 g/mol. The van der Waals surface area contributed by atoms with E-state index >= 15 is 0 Å². The van der Waals surface area contributed by atoms with Gasteiger partial charge in [-0.2, -0.15) is 0 Å². The lowest BCUT2D eigenvalue weighted by molar-refractivity contribution is -0.385.